The van der Waals surface area contributed by atoms with Crippen LogP contribution in [0, 0.1) is 5.92 Å². The summed E-state index contributed by atoms with van der Waals surface area (Å²) in [6.07, 6.45) is 1.74. The number of hydrogen-bond donors (Lipinski definition) is 4. The first-order valence-electron chi connectivity index (χ1n) is 12.3. The molecule has 0 bridgehead atoms. The van der Waals surface area contributed by atoms with Crippen molar-refractivity contribution >= 4 is 21.8 Å². The van der Waals surface area contributed by atoms with Crippen LogP contribution in [0.25, 0.3) is 11.1 Å². The lowest BCUT2D eigenvalue weighted by Gasteiger charge is -2.32. The summed E-state index contributed by atoms with van der Waals surface area (Å²) in [5, 5.41) is 6.09. The topological polar surface area (TPSA) is 130 Å². The molecular formula is C28H40N4O4S. The monoisotopic (exact) mass is 528 g/mol. The molecule has 0 radical (unpaired) electrons. The maximum Gasteiger partial charge on any atom is 0.260 e. The van der Waals surface area contributed by atoms with Crippen molar-refractivity contribution in [3.63, 3.8) is 0 Å². The number of likely N-dealkylation sites (N-methyl/N-ethyl adjacent to an activating group) is 2. The molecule has 0 aromatic heterocycles. The van der Waals surface area contributed by atoms with E-state index in [9.17, 15) is 18.0 Å². The zero-order valence-corrected chi connectivity index (χ0v) is 23.6. The normalized spacial score (nSPS) is 14.3. The van der Waals surface area contributed by atoms with Crippen LogP contribution in [-0.2, 0) is 30.8 Å². The first kappa shape index (κ1) is 30.2. The molecule has 8 nitrogen and oxygen atoms in total. The van der Waals surface area contributed by atoms with E-state index in [1.807, 2.05) is 64.1 Å². The van der Waals surface area contributed by atoms with E-state index in [1.54, 1.807) is 39.2 Å². The number of nitrogens with two attached hydrogens (primary N) is 1. The third-order valence-corrected chi connectivity index (χ3v) is 7.87. The first-order chi connectivity index (χ1) is 17.2. The van der Waals surface area contributed by atoms with E-state index in [1.165, 1.54) is 0 Å². The van der Waals surface area contributed by atoms with Crippen molar-refractivity contribution in [2.75, 3.05) is 14.1 Å². The van der Waals surface area contributed by atoms with Gasteiger partial charge in [-0.15, -0.1) is 0 Å². The van der Waals surface area contributed by atoms with E-state index < -0.39 is 33.3 Å². The number of primary amides is 1. The minimum Gasteiger partial charge on any atom is -0.368 e. The van der Waals surface area contributed by atoms with E-state index in [-0.39, 0.29) is 17.7 Å². The molecule has 0 aliphatic rings. The first-order valence-corrected chi connectivity index (χ1v) is 13.9. The Labute approximate surface area is 221 Å². The lowest BCUT2D eigenvalue weighted by atomic mass is 9.77. The number of amides is 2. The van der Waals surface area contributed by atoms with Gasteiger partial charge in [0.15, 0.2) is 0 Å². The van der Waals surface area contributed by atoms with Gasteiger partial charge in [-0.1, -0.05) is 82.3 Å². The number of carbonyl (C=O) groups excluding carboxylic acids is 2. The third-order valence-electron chi connectivity index (χ3n) is 6.69. The van der Waals surface area contributed by atoms with Crippen molar-refractivity contribution in [2.24, 2.45) is 11.7 Å². The molecule has 202 valence electrons. The Hall–Kier alpha value is -3.01. The van der Waals surface area contributed by atoms with Gasteiger partial charge < -0.3 is 16.4 Å². The molecule has 0 aliphatic carbocycles. The Morgan fingerprint density at radius 1 is 1.00 bits per heavy atom. The van der Waals surface area contributed by atoms with E-state index in [4.69, 9.17) is 5.73 Å². The molecule has 2 aromatic carbocycles. The second-order valence-corrected chi connectivity index (χ2v) is 11.9. The van der Waals surface area contributed by atoms with Crippen LogP contribution in [0.5, 0.6) is 0 Å². The molecule has 37 heavy (non-hydrogen) atoms. The number of nitrogens with one attached hydrogen (secondary N) is 3. The second kappa shape index (κ2) is 12.5. The summed E-state index contributed by atoms with van der Waals surface area (Å²) in [6, 6.07) is 14.2. The Morgan fingerprint density at radius 2 is 1.59 bits per heavy atom. The zero-order valence-electron chi connectivity index (χ0n) is 22.8. The highest BCUT2D eigenvalue weighted by Gasteiger charge is 2.34. The minimum atomic E-state index is -3.95. The Kier molecular flexibility index (Phi) is 10.2. The van der Waals surface area contributed by atoms with Crippen LogP contribution in [-0.4, -0.2) is 46.4 Å². The van der Waals surface area contributed by atoms with Gasteiger partial charge in [0, 0.05) is 17.0 Å². The standard InChI is InChI=1S/C28H40N4O4S/c1-18(2)24(30-6)16-19(3)27(34)32-37(35,36)17-21-10-8-9-11-23(21)20-12-14-22(15-13-20)28(4,5)25(31-7)26(29)33/h8-16,18,24-25,30-31H,17H2,1-7H3,(H2,29,33)(H,32,34)/b19-16+/t24-,25-/m1/s1. The summed E-state index contributed by atoms with van der Waals surface area (Å²) in [6.45, 7) is 9.51. The van der Waals surface area contributed by atoms with Crippen molar-refractivity contribution in [3.05, 3.63) is 71.3 Å². The highest BCUT2D eigenvalue weighted by atomic mass is 32.2. The maximum atomic E-state index is 12.9. The summed E-state index contributed by atoms with van der Waals surface area (Å²) in [7, 11) is -0.456. The van der Waals surface area contributed by atoms with Crippen molar-refractivity contribution in [1.29, 1.82) is 0 Å². The van der Waals surface area contributed by atoms with Crippen LogP contribution in [0.15, 0.2) is 60.2 Å². The van der Waals surface area contributed by atoms with Crippen LogP contribution < -0.4 is 21.1 Å². The number of benzene rings is 2. The highest BCUT2D eigenvalue weighted by Crippen LogP contribution is 2.31. The lowest BCUT2D eigenvalue weighted by Crippen LogP contribution is -2.51. The van der Waals surface area contributed by atoms with Crippen molar-refractivity contribution in [3.8, 4) is 11.1 Å². The molecule has 0 saturated heterocycles. The van der Waals surface area contributed by atoms with Crippen molar-refractivity contribution < 1.29 is 18.0 Å². The van der Waals surface area contributed by atoms with Gasteiger partial charge in [-0.2, -0.15) is 0 Å². The fourth-order valence-electron chi connectivity index (χ4n) is 4.45. The molecule has 0 saturated carbocycles. The molecule has 5 N–H and O–H groups in total. The molecule has 2 atom stereocenters. The second-order valence-electron chi connectivity index (χ2n) is 10.2. The third kappa shape index (κ3) is 7.74. The maximum absolute atomic E-state index is 12.9. The molecule has 2 aromatic rings. The summed E-state index contributed by atoms with van der Waals surface area (Å²) in [5.41, 5.74) is 8.39. The van der Waals surface area contributed by atoms with Crippen LogP contribution in [0.1, 0.15) is 45.7 Å². The molecule has 2 amide bonds. The highest BCUT2D eigenvalue weighted by molar-refractivity contribution is 7.89. The molecule has 9 heteroatoms. The quantitative estimate of drug-likeness (QED) is 0.314. The largest absolute Gasteiger partial charge is 0.368 e. The molecule has 0 unspecified atom stereocenters. The van der Waals surface area contributed by atoms with Crippen LogP contribution in [0.3, 0.4) is 0 Å². The van der Waals surface area contributed by atoms with Gasteiger partial charge in [0.1, 0.15) is 0 Å². The van der Waals surface area contributed by atoms with Gasteiger partial charge in [0.25, 0.3) is 5.91 Å². The molecule has 0 aliphatic heterocycles. The molecular weight excluding hydrogens is 488 g/mol. The average Bonchev–Trinajstić information content (AvgIpc) is 2.82. The summed E-state index contributed by atoms with van der Waals surface area (Å²) in [4.78, 5) is 24.5. The van der Waals surface area contributed by atoms with Gasteiger partial charge in [0.05, 0.1) is 11.8 Å². The fourth-order valence-corrected chi connectivity index (χ4v) is 5.63. The Balaban J connectivity index is 2.29. The fraction of sp³-hybridized carbons (Fsp3) is 0.429. The van der Waals surface area contributed by atoms with Crippen molar-refractivity contribution in [2.45, 2.75) is 57.9 Å². The predicted octanol–water partition coefficient (Wildman–Crippen LogP) is 2.84. The number of carbonyl (C=O) groups is 2. The lowest BCUT2D eigenvalue weighted by molar-refractivity contribution is -0.121. The predicted molar refractivity (Wildman–Crippen MR) is 149 cm³/mol. The SMILES string of the molecule is CN[C@H](C(N)=O)C(C)(C)c1ccc(-c2ccccc2CS(=O)(=O)NC(=O)/C(C)=C/[C@@H](NC)C(C)C)cc1. The van der Waals surface area contributed by atoms with E-state index in [2.05, 4.69) is 15.4 Å². The van der Waals surface area contributed by atoms with Gasteiger partial charge in [-0.3, -0.25) is 9.59 Å². The van der Waals surface area contributed by atoms with E-state index in [0.29, 0.717) is 11.1 Å². The van der Waals surface area contributed by atoms with Gasteiger partial charge in [-0.25, -0.2) is 13.1 Å². The number of rotatable bonds is 12. The molecule has 2 rings (SSSR count). The Bertz CT molecular complexity index is 1240. The van der Waals surface area contributed by atoms with E-state index in [0.717, 1.165) is 16.7 Å². The van der Waals surface area contributed by atoms with E-state index >= 15 is 0 Å². The Morgan fingerprint density at radius 3 is 2.11 bits per heavy atom. The zero-order chi connectivity index (χ0) is 28.0. The average molecular weight is 529 g/mol. The molecule has 0 spiro atoms. The smallest absolute Gasteiger partial charge is 0.260 e. The number of sulfonamides is 1. The van der Waals surface area contributed by atoms with Crippen LogP contribution in [0.4, 0.5) is 0 Å². The van der Waals surface area contributed by atoms with Crippen molar-refractivity contribution in [1.82, 2.24) is 15.4 Å². The van der Waals surface area contributed by atoms with Crippen LogP contribution >= 0.6 is 0 Å². The molecule has 0 heterocycles. The number of hydrogen-bond acceptors (Lipinski definition) is 6. The summed E-state index contributed by atoms with van der Waals surface area (Å²) in [5.74, 6) is -1.19. The van der Waals surface area contributed by atoms with Gasteiger partial charge in [0.2, 0.25) is 15.9 Å². The minimum absolute atomic E-state index is 0.0477. The summed E-state index contributed by atoms with van der Waals surface area (Å²) >= 11 is 0. The summed E-state index contributed by atoms with van der Waals surface area (Å²) < 4.78 is 28.0. The molecule has 0 fully saturated rings. The van der Waals surface area contributed by atoms with Gasteiger partial charge in [-0.05, 0) is 49.2 Å². The van der Waals surface area contributed by atoms with Crippen LogP contribution in [0.2, 0.25) is 0 Å². The van der Waals surface area contributed by atoms with Gasteiger partial charge >= 0.3 is 0 Å².